The number of rotatable bonds is 1. The monoisotopic (exact) mass is 195 g/mol. The first-order chi connectivity index (χ1) is 6.00. The molecule has 0 saturated heterocycles. The van der Waals surface area contributed by atoms with Gasteiger partial charge < -0.3 is 5.32 Å². The fourth-order valence-corrected chi connectivity index (χ4v) is 1.60. The molecule has 0 fully saturated rings. The Balaban J connectivity index is 3.13. The number of hydrogen-bond donors (Lipinski definition) is 2. The lowest BCUT2D eigenvalue weighted by Gasteiger charge is -2.10. The van der Waals surface area contributed by atoms with E-state index in [9.17, 15) is 4.79 Å². The smallest absolute Gasteiger partial charge is 0.280 e. The van der Waals surface area contributed by atoms with Gasteiger partial charge in [0.2, 0.25) is 0 Å². The third-order valence-electron chi connectivity index (χ3n) is 1.91. The summed E-state index contributed by atoms with van der Waals surface area (Å²) in [7, 11) is 0. The van der Waals surface area contributed by atoms with Crippen LogP contribution in [0.5, 0.6) is 0 Å². The van der Waals surface area contributed by atoms with Crippen LogP contribution in [0.25, 0.3) is 0 Å². The summed E-state index contributed by atoms with van der Waals surface area (Å²) in [4.78, 5) is 10.8. The van der Waals surface area contributed by atoms with Crippen molar-refractivity contribution in [2.24, 2.45) is 0 Å². The molecule has 0 saturated carbocycles. The van der Waals surface area contributed by atoms with E-state index in [1.54, 1.807) is 0 Å². The fourth-order valence-electron chi connectivity index (χ4n) is 1.48. The molecular weight excluding hydrogens is 182 g/mol. The van der Waals surface area contributed by atoms with Gasteiger partial charge in [0.15, 0.2) is 0 Å². The molecule has 0 bridgehead atoms. The minimum absolute atomic E-state index is 0.324. The third kappa shape index (κ3) is 2.49. The van der Waals surface area contributed by atoms with Crippen LogP contribution < -0.4 is 5.32 Å². The molecule has 0 heterocycles. The maximum Gasteiger partial charge on any atom is 0.280 e. The number of carbonyl (C=O) groups is 1. The Hall–Kier alpha value is -0.960. The normalized spacial score (nSPS) is 9.85. The van der Waals surface area contributed by atoms with Crippen LogP contribution >= 0.6 is 12.6 Å². The molecule has 1 amide bonds. The van der Waals surface area contributed by atoms with Crippen LogP contribution in [0, 0.1) is 20.8 Å². The van der Waals surface area contributed by atoms with Crippen LogP contribution in [0.2, 0.25) is 0 Å². The van der Waals surface area contributed by atoms with E-state index in [0.717, 1.165) is 16.8 Å². The Morgan fingerprint density at radius 1 is 1.23 bits per heavy atom. The highest BCUT2D eigenvalue weighted by atomic mass is 32.1. The molecule has 0 radical (unpaired) electrons. The van der Waals surface area contributed by atoms with Crippen LogP contribution in [0.15, 0.2) is 12.1 Å². The van der Waals surface area contributed by atoms with Crippen molar-refractivity contribution in [1.82, 2.24) is 0 Å². The Labute approximate surface area is 83.8 Å². The second-order valence-corrected chi connectivity index (χ2v) is 3.61. The third-order valence-corrected chi connectivity index (χ3v) is 2.02. The summed E-state index contributed by atoms with van der Waals surface area (Å²) < 4.78 is 0. The van der Waals surface area contributed by atoms with E-state index in [-0.39, 0.29) is 5.24 Å². The average molecular weight is 195 g/mol. The van der Waals surface area contributed by atoms with E-state index in [0.29, 0.717) is 0 Å². The van der Waals surface area contributed by atoms with Crippen LogP contribution in [0.1, 0.15) is 16.7 Å². The molecule has 0 unspecified atom stereocenters. The van der Waals surface area contributed by atoms with Gasteiger partial charge in [-0.2, -0.15) is 0 Å². The number of anilines is 1. The zero-order chi connectivity index (χ0) is 10.0. The van der Waals surface area contributed by atoms with Crippen LogP contribution in [-0.4, -0.2) is 5.24 Å². The summed E-state index contributed by atoms with van der Waals surface area (Å²) in [5.41, 5.74) is 4.21. The predicted molar refractivity (Wildman–Crippen MR) is 58.7 cm³/mol. The molecule has 1 aromatic rings. The number of benzene rings is 1. The van der Waals surface area contributed by atoms with Gasteiger partial charge in [0.1, 0.15) is 0 Å². The zero-order valence-corrected chi connectivity index (χ0v) is 8.90. The molecule has 70 valence electrons. The average Bonchev–Trinajstić information content (AvgIpc) is 1.96. The number of amides is 1. The van der Waals surface area contributed by atoms with Gasteiger partial charge in [0, 0.05) is 5.69 Å². The molecule has 1 rings (SSSR count). The predicted octanol–water partition coefficient (Wildman–Crippen LogP) is 3.07. The Kier molecular flexibility index (Phi) is 2.98. The lowest BCUT2D eigenvalue weighted by atomic mass is 10.1. The summed E-state index contributed by atoms with van der Waals surface area (Å²) in [5, 5.41) is 2.37. The molecule has 1 N–H and O–H groups in total. The van der Waals surface area contributed by atoms with Crippen molar-refractivity contribution in [3.63, 3.8) is 0 Å². The van der Waals surface area contributed by atoms with E-state index < -0.39 is 0 Å². The lowest BCUT2D eigenvalue weighted by Crippen LogP contribution is -2.05. The number of thiol groups is 1. The van der Waals surface area contributed by atoms with Gasteiger partial charge in [-0.3, -0.25) is 4.79 Å². The van der Waals surface area contributed by atoms with E-state index >= 15 is 0 Å². The van der Waals surface area contributed by atoms with Gasteiger partial charge >= 0.3 is 0 Å². The second kappa shape index (κ2) is 3.83. The first kappa shape index (κ1) is 10.1. The number of carbonyl (C=O) groups excluding carboxylic acids is 1. The molecule has 0 spiro atoms. The SMILES string of the molecule is Cc1cc(C)c(NC(=O)S)c(C)c1. The molecule has 0 aliphatic carbocycles. The minimum Gasteiger partial charge on any atom is -0.317 e. The lowest BCUT2D eigenvalue weighted by molar-refractivity contribution is 0.270. The van der Waals surface area contributed by atoms with Gasteiger partial charge in [0.25, 0.3) is 5.24 Å². The van der Waals surface area contributed by atoms with Gasteiger partial charge in [-0.05, 0) is 31.9 Å². The Morgan fingerprint density at radius 2 is 1.69 bits per heavy atom. The van der Waals surface area contributed by atoms with E-state index in [1.165, 1.54) is 5.56 Å². The largest absolute Gasteiger partial charge is 0.317 e. The van der Waals surface area contributed by atoms with Crippen LogP contribution in [-0.2, 0) is 0 Å². The number of nitrogens with one attached hydrogen (secondary N) is 1. The van der Waals surface area contributed by atoms with Crippen molar-refractivity contribution in [3.05, 3.63) is 28.8 Å². The van der Waals surface area contributed by atoms with Gasteiger partial charge in [-0.15, -0.1) is 0 Å². The highest BCUT2D eigenvalue weighted by molar-refractivity contribution is 7.96. The zero-order valence-electron chi connectivity index (χ0n) is 8.01. The molecule has 0 atom stereocenters. The first-order valence-electron chi connectivity index (χ1n) is 4.08. The van der Waals surface area contributed by atoms with E-state index in [2.05, 4.69) is 17.9 Å². The molecule has 13 heavy (non-hydrogen) atoms. The summed E-state index contributed by atoms with van der Waals surface area (Å²) >= 11 is 3.68. The first-order valence-corrected chi connectivity index (χ1v) is 4.53. The van der Waals surface area contributed by atoms with Gasteiger partial charge in [-0.1, -0.05) is 30.3 Å². The van der Waals surface area contributed by atoms with E-state index in [4.69, 9.17) is 0 Å². The Bertz CT molecular complexity index is 324. The molecule has 0 aromatic heterocycles. The van der Waals surface area contributed by atoms with Crippen molar-refractivity contribution < 1.29 is 4.79 Å². The number of hydrogen-bond acceptors (Lipinski definition) is 1. The van der Waals surface area contributed by atoms with E-state index in [1.807, 2.05) is 32.9 Å². The van der Waals surface area contributed by atoms with Crippen molar-refractivity contribution in [2.45, 2.75) is 20.8 Å². The Morgan fingerprint density at radius 3 is 2.08 bits per heavy atom. The summed E-state index contributed by atoms with van der Waals surface area (Å²) in [5.74, 6) is 0. The van der Waals surface area contributed by atoms with Crippen molar-refractivity contribution in [3.8, 4) is 0 Å². The highest BCUT2D eigenvalue weighted by Crippen LogP contribution is 2.21. The standard InChI is InChI=1S/C10H13NOS/c1-6-4-7(2)9(8(3)5-6)11-10(12)13/h4-5H,1-3H3,(H2,11,12,13). The summed E-state index contributed by atoms with van der Waals surface area (Å²) in [6.07, 6.45) is 0. The molecule has 1 aromatic carbocycles. The van der Waals surface area contributed by atoms with Gasteiger partial charge in [-0.25, -0.2) is 0 Å². The molecular formula is C10H13NOS. The maximum absolute atomic E-state index is 10.8. The highest BCUT2D eigenvalue weighted by Gasteiger charge is 2.04. The van der Waals surface area contributed by atoms with Crippen molar-refractivity contribution >= 4 is 23.6 Å². The molecule has 0 aliphatic heterocycles. The minimum atomic E-state index is -0.324. The molecule has 3 heteroatoms. The van der Waals surface area contributed by atoms with Crippen LogP contribution in [0.3, 0.4) is 0 Å². The summed E-state index contributed by atoms with van der Waals surface area (Å²) in [6.45, 7) is 5.98. The van der Waals surface area contributed by atoms with Crippen molar-refractivity contribution in [2.75, 3.05) is 5.32 Å². The topological polar surface area (TPSA) is 29.1 Å². The number of aryl methyl sites for hydroxylation is 3. The maximum atomic E-state index is 10.8. The fraction of sp³-hybridized carbons (Fsp3) is 0.300. The quantitative estimate of drug-likeness (QED) is 0.662. The van der Waals surface area contributed by atoms with Gasteiger partial charge in [0.05, 0.1) is 0 Å². The second-order valence-electron chi connectivity index (χ2n) is 3.20. The van der Waals surface area contributed by atoms with Crippen LogP contribution in [0.4, 0.5) is 10.5 Å². The summed E-state index contributed by atoms with van der Waals surface area (Å²) in [6, 6.07) is 4.07. The molecule has 0 aliphatic rings. The molecule has 2 nitrogen and oxygen atoms in total. The van der Waals surface area contributed by atoms with Crippen molar-refractivity contribution in [1.29, 1.82) is 0 Å².